The smallest absolute Gasteiger partial charge is 0.190 e. The summed E-state index contributed by atoms with van der Waals surface area (Å²) in [6.07, 6.45) is 7.90. The van der Waals surface area contributed by atoms with Gasteiger partial charge >= 0.3 is 0 Å². The third-order valence-corrected chi connectivity index (χ3v) is 8.57. The molecule has 4 aliphatic rings. The predicted octanol–water partition coefficient (Wildman–Crippen LogP) is 3.96. The largest absolute Gasteiger partial charge is 0.411 e. The van der Waals surface area contributed by atoms with Crippen LogP contribution >= 0.6 is 0 Å². The zero-order valence-corrected chi connectivity index (χ0v) is 15.9. The Labute approximate surface area is 150 Å². The van der Waals surface area contributed by atoms with Crippen LogP contribution in [0.3, 0.4) is 0 Å². The van der Waals surface area contributed by atoms with Crippen LogP contribution in [0.25, 0.3) is 0 Å². The molecule has 0 spiro atoms. The molecule has 0 bridgehead atoms. The number of allylic oxidation sites excluding steroid dienone is 2. The second kappa shape index (κ2) is 5.18. The van der Waals surface area contributed by atoms with Gasteiger partial charge in [0.2, 0.25) is 0 Å². The van der Waals surface area contributed by atoms with Crippen LogP contribution in [0.1, 0.15) is 66.2 Å². The maximum absolute atomic E-state index is 12.7. The number of oxime groups is 1. The number of aliphatic hydroxyl groups excluding tert-OH is 1. The van der Waals surface area contributed by atoms with Crippen molar-refractivity contribution >= 4 is 11.5 Å². The van der Waals surface area contributed by atoms with E-state index in [1.54, 1.807) is 0 Å². The van der Waals surface area contributed by atoms with Crippen molar-refractivity contribution in [3.05, 3.63) is 11.6 Å². The number of nitrogens with zero attached hydrogens (tertiary/aromatic N) is 1. The highest BCUT2D eigenvalue weighted by Crippen LogP contribution is 2.66. The van der Waals surface area contributed by atoms with Gasteiger partial charge in [0.1, 0.15) is 5.71 Å². The van der Waals surface area contributed by atoms with Crippen LogP contribution in [0.5, 0.6) is 0 Å². The Balaban J connectivity index is 1.78. The maximum atomic E-state index is 12.7. The molecule has 25 heavy (non-hydrogen) atoms. The molecule has 0 aromatic heterocycles. The number of hydrogen-bond donors (Lipinski definition) is 2. The lowest BCUT2D eigenvalue weighted by atomic mass is 9.45. The van der Waals surface area contributed by atoms with Gasteiger partial charge in [0.15, 0.2) is 5.78 Å². The fourth-order valence-corrected chi connectivity index (χ4v) is 7.25. The number of fused-ring (bicyclic) bond motifs is 5. The van der Waals surface area contributed by atoms with Crippen LogP contribution < -0.4 is 0 Å². The van der Waals surface area contributed by atoms with Crippen LogP contribution in [0.4, 0.5) is 0 Å². The fraction of sp³-hybridized carbons (Fsp3) is 0.810. The zero-order chi connectivity index (χ0) is 18.2. The summed E-state index contributed by atoms with van der Waals surface area (Å²) in [6.45, 7) is 8.53. The number of ketones is 1. The van der Waals surface area contributed by atoms with E-state index in [0.29, 0.717) is 29.9 Å². The highest BCUT2D eigenvalue weighted by molar-refractivity contribution is 6.43. The molecule has 0 radical (unpaired) electrons. The lowest BCUT2D eigenvalue weighted by Gasteiger charge is -2.59. The molecule has 4 rings (SSSR count). The second-order valence-corrected chi connectivity index (χ2v) is 9.96. The van der Waals surface area contributed by atoms with Gasteiger partial charge in [-0.3, -0.25) is 4.79 Å². The number of aliphatic hydroxyl groups is 1. The Morgan fingerprint density at radius 1 is 1.12 bits per heavy atom. The first-order valence-corrected chi connectivity index (χ1v) is 9.81. The van der Waals surface area contributed by atoms with Crippen LogP contribution in [0.15, 0.2) is 16.8 Å². The Kier molecular flexibility index (Phi) is 3.58. The van der Waals surface area contributed by atoms with Gasteiger partial charge in [0.25, 0.3) is 0 Å². The van der Waals surface area contributed by atoms with E-state index < -0.39 is 5.41 Å². The van der Waals surface area contributed by atoms with E-state index >= 15 is 0 Å². The Morgan fingerprint density at radius 2 is 1.84 bits per heavy atom. The van der Waals surface area contributed by atoms with Crippen molar-refractivity contribution in [3.63, 3.8) is 0 Å². The molecule has 138 valence electrons. The molecule has 0 amide bonds. The summed E-state index contributed by atoms with van der Waals surface area (Å²) in [6, 6.07) is 0. The van der Waals surface area contributed by atoms with Crippen LogP contribution in [-0.4, -0.2) is 27.9 Å². The molecule has 3 saturated carbocycles. The van der Waals surface area contributed by atoms with Crippen LogP contribution in [0, 0.1) is 34.0 Å². The van der Waals surface area contributed by atoms with E-state index in [-0.39, 0.29) is 22.7 Å². The minimum atomic E-state index is -0.588. The van der Waals surface area contributed by atoms with Crippen molar-refractivity contribution in [2.45, 2.75) is 72.3 Å². The fourth-order valence-electron chi connectivity index (χ4n) is 7.25. The molecule has 0 heterocycles. The minimum absolute atomic E-state index is 0.0332. The zero-order valence-electron chi connectivity index (χ0n) is 15.9. The summed E-state index contributed by atoms with van der Waals surface area (Å²) < 4.78 is 0. The van der Waals surface area contributed by atoms with Gasteiger partial charge in [0.05, 0.1) is 11.5 Å². The normalized spacial score (nSPS) is 50.0. The number of hydrogen-bond acceptors (Lipinski definition) is 4. The molecule has 0 saturated heterocycles. The highest BCUT2D eigenvalue weighted by Gasteiger charge is 2.61. The monoisotopic (exact) mass is 345 g/mol. The molecule has 4 nitrogen and oxygen atoms in total. The standard InChI is InChI=1S/C21H31NO3/c1-19(2)16-7-5-12-13-6-8-17(23)20(13,3)10-9-14(12)21(16,4)11-15(22-25)18(19)24/h7,12-14,17,23,25H,5-6,8-11H2,1-4H3/b22-15+/t12-,13-,14-,17+,20-,21+/m0/s1. The number of Topliss-reactive ketones (excluding diaryl/α,β-unsaturated/α-hetero) is 1. The second-order valence-electron chi connectivity index (χ2n) is 9.96. The molecule has 3 fully saturated rings. The molecule has 0 aromatic rings. The van der Waals surface area contributed by atoms with Crippen molar-refractivity contribution in [2.24, 2.45) is 39.2 Å². The molecule has 2 N–H and O–H groups in total. The van der Waals surface area contributed by atoms with Gasteiger partial charge in [0, 0.05) is 6.42 Å². The molecule has 0 aliphatic heterocycles. The van der Waals surface area contributed by atoms with E-state index in [2.05, 4.69) is 25.1 Å². The molecular weight excluding hydrogens is 314 g/mol. The van der Waals surface area contributed by atoms with E-state index in [1.165, 1.54) is 5.57 Å². The third-order valence-electron chi connectivity index (χ3n) is 8.57. The molecule has 0 aromatic carbocycles. The number of rotatable bonds is 0. The average molecular weight is 345 g/mol. The molecular formula is C21H31NO3. The topological polar surface area (TPSA) is 69.9 Å². The quantitative estimate of drug-likeness (QED) is 0.397. The van der Waals surface area contributed by atoms with Gasteiger partial charge in [-0.1, -0.05) is 30.7 Å². The van der Waals surface area contributed by atoms with Crippen LogP contribution in [-0.2, 0) is 4.79 Å². The van der Waals surface area contributed by atoms with Gasteiger partial charge < -0.3 is 10.3 Å². The molecule has 4 heteroatoms. The van der Waals surface area contributed by atoms with E-state index in [0.717, 1.165) is 32.1 Å². The highest BCUT2D eigenvalue weighted by atomic mass is 16.4. The maximum Gasteiger partial charge on any atom is 0.190 e. The Hall–Kier alpha value is -1.16. The summed E-state index contributed by atoms with van der Waals surface area (Å²) in [5, 5.41) is 23.4. The lowest BCUT2D eigenvalue weighted by molar-refractivity contribution is -0.122. The Morgan fingerprint density at radius 3 is 2.52 bits per heavy atom. The van der Waals surface area contributed by atoms with Crippen molar-refractivity contribution < 1.29 is 15.1 Å². The van der Waals surface area contributed by atoms with Crippen molar-refractivity contribution in [2.75, 3.05) is 0 Å². The third kappa shape index (κ3) is 2.03. The van der Waals surface area contributed by atoms with Gasteiger partial charge in [-0.2, -0.15) is 0 Å². The van der Waals surface area contributed by atoms with Gasteiger partial charge in [-0.05, 0) is 74.5 Å². The summed E-state index contributed by atoms with van der Waals surface area (Å²) in [5.41, 5.74) is 0.939. The minimum Gasteiger partial charge on any atom is -0.411 e. The summed E-state index contributed by atoms with van der Waals surface area (Å²) >= 11 is 0. The summed E-state index contributed by atoms with van der Waals surface area (Å²) in [7, 11) is 0. The molecule has 6 atom stereocenters. The van der Waals surface area contributed by atoms with E-state index in [4.69, 9.17) is 0 Å². The average Bonchev–Trinajstić information content (AvgIpc) is 2.86. The Bertz CT molecular complexity index is 679. The predicted molar refractivity (Wildman–Crippen MR) is 96.5 cm³/mol. The number of carbonyl (C=O) groups is 1. The van der Waals surface area contributed by atoms with Crippen molar-refractivity contribution in [1.29, 1.82) is 0 Å². The molecule has 4 aliphatic carbocycles. The first kappa shape index (κ1) is 17.3. The van der Waals surface area contributed by atoms with Crippen molar-refractivity contribution in [3.8, 4) is 0 Å². The van der Waals surface area contributed by atoms with E-state index in [1.807, 2.05) is 13.8 Å². The molecule has 0 unspecified atom stereocenters. The van der Waals surface area contributed by atoms with Gasteiger partial charge in [-0.15, -0.1) is 0 Å². The van der Waals surface area contributed by atoms with Crippen LogP contribution in [0.2, 0.25) is 0 Å². The SMILES string of the molecule is CC1(C)C(=O)/C(=N/O)C[C@@]2(C)C1=CC[C@H]1[C@@H]3CC[C@@H](O)[C@@]3(C)CC[C@@H]12. The summed E-state index contributed by atoms with van der Waals surface area (Å²) in [5.74, 6) is 1.59. The first-order chi connectivity index (χ1) is 11.7. The summed E-state index contributed by atoms with van der Waals surface area (Å²) in [4.78, 5) is 12.7. The van der Waals surface area contributed by atoms with Gasteiger partial charge in [-0.25, -0.2) is 0 Å². The van der Waals surface area contributed by atoms with Crippen molar-refractivity contribution in [1.82, 2.24) is 0 Å². The lowest BCUT2D eigenvalue weighted by Crippen LogP contribution is -2.56. The number of carbonyl (C=O) groups excluding carboxylic acids is 1. The first-order valence-electron chi connectivity index (χ1n) is 9.81. The van der Waals surface area contributed by atoms with E-state index in [9.17, 15) is 15.1 Å².